The average Bonchev–Trinajstić information content (AvgIpc) is 3.05. The van der Waals surface area contributed by atoms with Gasteiger partial charge in [0.25, 0.3) is 10.0 Å². The Balaban J connectivity index is 1.72. The summed E-state index contributed by atoms with van der Waals surface area (Å²) in [5.41, 5.74) is 2.93. The molecular weight excluding hydrogens is 368 g/mol. The third-order valence-corrected chi connectivity index (χ3v) is 8.04. The fourth-order valence-electron chi connectivity index (χ4n) is 3.24. The maximum Gasteiger partial charge on any atom is 0.252 e. The van der Waals surface area contributed by atoms with Crippen LogP contribution in [-0.4, -0.2) is 31.7 Å². The van der Waals surface area contributed by atoms with E-state index in [2.05, 4.69) is 5.32 Å². The molecule has 0 radical (unpaired) electrons. The van der Waals surface area contributed by atoms with Crippen molar-refractivity contribution in [1.29, 1.82) is 0 Å². The number of aryl methyl sites for hydroxylation is 3. The van der Waals surface area contributed by atoms with Crippen LogP contribution in [-0.2, 0) is 14.8 Å². The van der Waals surface area contributed by atoms with Crippen LogP contribution in [0.2, 0.25) is 0 Å². The van der Waals surface area contributed by atoms with Gasteiger partial charge in [-0.1, -0.05) is 17.7 Å². The van der Waals surface area contributed by atoms with Gasteiger partial charge in [0, 0.05) is 23.7 Å². The molecule has 2 heterocycles. The van der Waals surface area contributed by atoms with Gasteiger partial charge in [-0.05, 0) is 57.4 Å². The normalized spacial score (nSPS) is 18.7. The molecule has 0 spiro atoms. The predicted molar refractivity (Wildman–Crippen MR) is 105 cm³/mol. The topological polar surface area (TPSA) is 66.5 Å². The van der Waals surface area contributed by atoms with E-state index in [0.29, 0.717) is 23.6 Å². The monoisotopic (exact) mass is 392 g/mol. The number of nitrogens with zero attached hydrogens (tertiary/aromatic N) is 1. The highest BCUT2D eigenvalue weighted by molar-refractivity contribution is 7.91. The highest BCUT2D eigenvalue weighted by Crippen LogP contribution is 2.29. The van der Waals surface area contributed by atoms with E-state index in [-0.39, 0.29) is 18.4 Å². The summed E-state index contributed by atoms with van der Waals surface area (Å²) in [5.74, 6) is -0.445. The van der Waals surface area contributed by atoms with E-state index in [1.165, 1.54) is 15.6 Å². The number of anilines is 1. The van der Waals surface area contributed by atoms with Crippen LogP contribution in [0.15, 0.2) is 34.5 Å². The lowest BCUT2D eigenvalue weighted by atomic mass is 9.98. The second-order valence-electron chi connectivity index (χ2n) is 6.87. The van der Waals surface area contributed by atoms with Gasteiger partial charge in [-0.25, -0.2) is 8.42 Å². The zero-order chi connectivity index (χ0) is 18.9. The second kappa shape index (κ2) is 7.50. The minimum atomic E-state index is -3.52. The molecule has 1 aliphatic rings. The lowest BCUT2D eigenvalue weighted by molar-refractivity contribution is -0.120. The number of thiophene rings is 1. The van der Waals surface area contributed by atoms with E-state index in [1.54, 1.807) is 6.07 Å². The molecule has 1 fully saturated rings. The van der Waals surface area contributed by atoms with Crippen LogP contribution in [0, 0.1) is 26.7 Å². The van der Waals surface area contributed by atoms with Crippen LogP contribution in [0.25, 0.3) is 0 Å². The van der Waals surface area contributed by atoms with Crippen molar-refractivity contribution in [3.05, 3.63) is 46.3 Å². The van der Waals surface area contributed by atoms with E-state index in [0.717, 1.165) is 21.7 Å². The average molecular weight is 393 g/mol. The summed E-state index contributed by atoms with van der Waals surface area (Å²) in [5, 5.41) is 2.97. The number of hydrogen-bond acceptors (Lipinski definition) is 4. The Kier molecular flexibility index (Phi) is 5.50. The SMILES string of the molecule is Cc1ccc(NC(=O)C2CCCN(S(=O)(=O)c3ccc(C)s3)C2)c(C)c1. The maximum atomic E-state index is 12.8. The molecule has 5 nitrogen and oxygen atoms in total. The minimum Gasteiger partial charge on any atom is -0.326 e. The van der Waals surface area contributed by atoms with Crippen LogP contribution < -0.4 is 5.32 Å². The summed E-state index contributed by atoms with van der Waals surface area (Å²) < 4.78 is 27.5. The van der Waals surface area contributed by atoms with E-state index in [4.69, 9.17) is 0 Å². The Labute approximate surface area is 159 Å². The van der Waals surface area contributed by atoms with Gasteiger partial charge in [0.2, 0.25) is 5.91 Å². The van der Waals surface area contributed by atoms with Crippen molar-refractivity contribution in [1.82, 2.24) is 4.31 Å². The third-order valence-electron chi connectivity index (χ3n) is 4.70. The smallest absolute Gasteiger partial charge is 0.252 e. The largest absolute Gasteiger partial charge is 0.326 e. The number of hydrogen-bond donors (Lipinski definition) is 1. The van der Waals surface area contributed by atoms with Gasteiger partial charge in [-0.2, -0.15) is 4.31 Å². The predicted octanol–water partition coefficient (Wildman–Crippen LogP) is 3.71. The molecule has 1 aliphatic heterocycles. The summed E-state index contributed by atoms with van der Waals surface area (Å²) in [6.45, 7) is 6.55. The number of rotatable bonds is 4. The molecule has 1 unspecified atom stereocenters. The van der Waals surface area contributed by atoms with E-state index in [1.807, 2.05) is 45.0 Å². The summed E-state index contributed by atoms with van der Waals surface area (Å²) in [6, 6.07) is 9.33. The molecule has 1 saturated heterocycles. The first-order chi connectivity index (χ1) is 12.3. The number of nitrogens with one attached hydrogen (secondary N) is 1. The molecule has 1 N–H and O–H groups in total. The Morgan fingerprint density at radius 2 is 1.96 bits per heavy atom. The number of benzene rings is 1. The van der Waals surface area contributed by atoms with Gasteiger partial charge < -0.3 is 5.32 Å². The summed E-state index contributed by atoms with van der Waals surface area (Å²) in [6.07, 6.45) is 1.39. The van der Waals surface area contributed by atoms with Gasteiger partial charge in [-0.15, -0.1) is 11.3 Å². The second-order valence-corrected chi connectivity index (χ2v) is 10.3. The van der Waals surface area contributed by atoms with E-state index in [9.17, 15) is 13.2 Å². The number of carbonyl (C=O) groups is 1. The van der Waals surface area contributed by atoms with Gasteiger partial charge in [0.15, 0.2) is 0 Å². The number of sulfonamides is 1. The molecule has 1 amide bonds. The summed E-state index contributed by atoms with van der Waals surface area (Å²) in [7, 11) is -3.52. The van der Waals surface area contributed by atoms with Gasteiger partial charge in [-0.3, -0.25) is 4.79 Å². The molecule has 3 rings (SSSR count). The molecule has 7 heteroatoms. The van der Waals surface area contributed by atoms with Gasteiger partial charge in [0.05, 0.1) is 5.92 Å². The van der Waals surface area contributed by atoms with Crippen molar-refractivity contribution in [2.45, 2.75) is 37.8 Å². The molecule has 0 saturated carbocycles. The molecule has 2 aromatic rings. The van der Waals surface area contributed by atoms with E-state index < -0.39 is 10.0 Å². The Bertz CT molecular complexity index is 919. The van der Waals surface area contributed by atoms with Gasteiger partial charge >= 0.3 is 0 Å². The van der Waals surface area contributed by atoms with Gasteiger partial charge in [0.1, 0.15) is 4.21 Å². The highest BCUT2D eigenvalue weighted by Gasteiger charge is 2.34. The standard InChI is InChI=1S/C19H24N2O3S2/c1-13-6-8-17(14(2)11-13)20-19(22)16-5-4-10-21(12-16)26(23,24)18-9-7-15(3)25-18/h6-9,11,16H,4-5,10,12H2,1-3H3,(H,20,22). The quantitative estimate of drug-likeness (QED) is 0.862. The van der Waals surface area contributed by atoms with Crippen molar-refractivity contribution in [2.24, 2.45) is 5.92 Å². The van der Waals surface area contributed by atoms with Crippen molar-refractivity contribution in [3.63, 3.8) is 0 Å². The van der Waals surface area contributed by atoms with Crippen molar-refractivity contribution in [3.8, 4) is 0 Å². The summed E-state index contributed by atoms with van der Waals surface area (Å²) >= 11 is 1.27. The number of amides is 1. The molecule has 0 bridgehead atoms. The first-order valence-electron chi connectivity index (χ1n) is 8.72. The van der Waals surface area contributed by atoms with Crippen LogP contribution in [0.5, 0.6) is 0 Å². The fourth-order valence-corrected chi connectivity index (χ4v) is 6.20. The van der Waals surface area contributed by atoms with Crippen molar-refractivity contribution in [2.75, 3.05) is 18.4 Å². The molecule has 0 aliphatic carbocycles. The molecule has 1 aromatic heterocycles. The molecule has 140 valence electrons. The Hall–Kier alpha value is -1.70. The molecule has 26 heavy (non-hydrogen) atoms. The zero-order valence-electron chi connectivity index (χ0n) is 15.3. The van der Waals surface area contributed by atoms with Crippen molar-refractivity contribution >= 4 is 33.0 Å². The first-order valence-corrected chi connectivity index (χ1v) is 11.0. The highest BCUT2D eigenvalue weighted by atomic mass is 32.2. The molecule has 1 atom stereocenters. The maximum absolute atomic E-state index is 12.8. The van der Waals surface area contributed by atoms with Crippen LogP contribution in [0.4, 0.5) is 5.69 Å². The summed E-state index contributed by atoms with van der Waals surface area (Å²) in [4.78, 5) is 13.7. The lowest BCUT2D eigenvalue weighted by Gasteiger charge is -2.31. The van der Waals surface area contributed by atoms with Crippen LogP contribution in [0.1, 0.15) is 28.8 Å². The minimum absolute atomic E-state index is 0.112. The third kappa shape index (κ3) is 4.00. The Morgan fingerprint density at radius 3 is 2.62 bits per heavy atom. The fraction of sp³-hybridized carbons (Fsp3) is 0.421. The first kappa shape index (κ1) is 19.1. The molecular formula is C19H24N2O3S2. The number of carbonyl (C=O) groups excluding carboxylic acids is 1. The lowest BCUT2D eigenvalue weighted by Crippen LogP contribution is -2.43. The van der Waals surface area contributed by atoms with E-state index >= 15 is 0 Å². The Morgan fingerprint density at radius 1 is 1.19 bits per heavy atom. The van der Waals surface area contributed by atoms with Crippen LogP contribution >= 0.6 is 11.3 Å². The van der Waals surface area contributed by atoms with Crippen LogP contribution in [0.3, 0.4) is 0 Å². The molecule has 1 aromatic carbocycles. The number of piperidine rings is 1. The van der Waals surface area contributed by atoms with Crippen molar-refractivity contribution < 1.29 is 13.2 Å². The zero-order valence-corrected chi connectivity index (χ0v) is 16.9.